The van der Waals surface area contributed by atoms with E-state index in [4.69, 9.17) is 4.74 Å². The molecule has 130 valence electrons. The number of halogens is 3. The van der Waals surface area contributed by atoms with Crippen molar-refractivity contribution < 1.29 is 22.7 Å². The highest BCUT2D eigenvalue weighted by molar-refractivity contribution is 6.01. The predicted molar refractivity (Wildman–Crippen MR) is 81.8 cm³/mol. The number of nitrogens with zero attached hydrogens (tertiary/aromatic N) is 2. The Balaban J connectivity index is 1.82. The van der Waals surface area contributed by atoms with E-state index in [9.17, 15) is 18.0 Å². The molecular formula is C15H17F3N4O2. The molecule has 0 aliphatic carbocycles. The van der Waals surface area contributed by atoms with Crippen molar-refractivity contribution in [3.05, 3.63) is 18.2 Å². The topological polar surface area (TPSA) is 70.2 Å². The van der Waals surface area contributed by atoms with Gasteiger partial charge in [-0.3, -0.25) is 9.89 Å². The number of ether oxygens (including phenoxy) is 1. The molecule has 2 aromatic rings. The van der Waals surface area contributed by atoms with E-state index in [-0.39, 0.29) is 18.9 Å². The van der Waals surface area contributed by atoms with E-state index < -0.39 is 23.9 Å². The van der Waals surface area contributed by atoms with Crippen LogP contribution < -0.4 is 10.1 Å². The molecule has 0 bridgehead atoms. The number of carbonyl (C=O) groups is 1. The van der Waals surface area contributed by atoms with E-state index in [1.807, 2.05) is 0 Å². The third-order valence-corrected chi connectivity index (χ3v) is 4.27. The van der Waals surface area contributed by atoms with Crippen LogP contribution in [0.25, 0.3) is 10.9 Å². The van der Waals surface area contributed by atoms with Crippen LogP contribution >= 0.6 is 0 Å². The monoisotopic (exact) mass is 342 g/mol. The molecule has 6 nitrogen and oxygen atoms in total. The standard InChI is InChI=1S/C15H17F3N4O2/c1-22-6-10(11(7-22)15(16,17)18)14(23)19-13-9-4-3-8(24-2)5-12(9)20-21-13/h3-5,10-11H,6-7H2,1-2H3,(H2,19,20,21,23)/t10-,11-/m1/s1. The zero-order chi connectivity index (χ0) is 17.5. The van der Waals surface area contributed by atoms with Gasteiger partial charge in [0.15, 0.2) is 5.82 Å². The summed E-state index contributed by atoms with van der Waals surface area (Å²) in [6, 6.07) is 5.07. The number of rotatable bonds is 3. The van der Waals surface area contributed by atoms with Gasteiger partial charge in [0.1, 0.15) is 5.75 Å². The van der Waals surface area contributed by atoms with Gasteiger partial charge >= 0.3 is 6.18 Å². The van der Waals surface area contributed by atoms with Gasteiger partial charge in [0.2, 0.25) is 5.91 Å². The molecule has 9 heteroatoms. The second-order valence-electron chi connectivity index (χ2n) is 5.95. The maximum absolute atomic E-state index is 13.1. The first-order valence-corrected chi connectivity index (χ1v) is 7.38. The fourth-order valence-corrected chi connectivity index (χ4v) is 3.03. The third kappa shape index (κ3) is 3.03. The van der Waals surface area contributed by atoms with E-state index in [2.05, 4.69) is 15.5 Å². The summed E-state index contributed by atoms with van der Waals surface area (Å²) in [5.41, 5.74) is 0.626. The van der Waals surface area contributed by atoms with Crippen LogP contribution in [0.2, 0.25) is 0 Å². The molecule has 1 amide bonds. The molecule has 1 aliphatic heterocycles. The molecule has 0 spiro atoms. The summed E-state index contributed by atoms with van der Waals surface area (Å²) in [7, 11) is 3.09. The summed E-state index contributed by atoms with van der Waals surface area (Å²) in [5.74, 6) is -2.68. The van der Waals surface area contributed by atoms with Crippen molar-refractivity contribution in [2.75, 3.05) is 32.6 Å². The number of hydrogen-bond donors (Lipinski definition) is 2. The zero-order valence-corrected chi connectivity index (χ0v) is 13.1. The number of H-pyrrole nitrogens is 1. The van der Waals surface area contributed by atoms with E-state index in [1.54, 1.807) is 25.2 Å². The molecule has 0 unspecified atom stereocenters. The van der Waals surface area contributed by atoms with Crippen molar-refractivity contribution in [1.82, 2.24) is 15.1 Å². The molecule has 2 heterocycles. The zero-order valence-electron chi connectivity index (χ0n) is 13.1. The minimum absolute atomic E-state index is 0.0617. The number of alkyl halides is 3. The number of nitrogens with one attached hydrogen (secondary N) is 2. The number of aromatic amines is 1. The summed E-state index contributed by atoms with van der Waals surface area (Å²) in [6.45, 7) is -0.119. The minimum atomic E-state index is -4.41. The van der Waals surface area contributed by atoms with E-state index >= 15 is 0 Å². The molecule has 2 N–H and O–H groups in total. The molecule has 0 saturated carbocycles. The number of amides is 1. The molecule has 1 aromatic heterocycles. The second-order valence-corrected chi connectivity index (χ2v) is 5.95. The Bertz CT molecular complexity index is 759. The van der Waals surface area contributed by atoms with Crippen LogP contribution in [0.5, 0.6) is 5.75 Å². The Morgan fingerprint density at radius 1 is 1.42 bits per heavy atom. The van der Waals surface area contributed by atoms with Gasteiger partial charge in [-0.2, -0.15) is 18.3 Å². The van der Waals surface area contributed by atoms with Crippen molar-refractivity contribution in [2.24, 2.45) is 11.8 Å². The largest absolute Gasteiger partial charge is 0.497 e. The Morgan fingerprint density at radius 3 is 2.83 bits per heavy atom. The van der Waals surface area contributed by atoms with Crippen LogP contribution in [0, 0.1) is 11.8 Å². The summed E-state index contributed by atoms with van der Waals surface area (Å²) in [6.07, 6.45) is -4.41. The van der Waals surface area contributed by atoms with Gasteiger partial charge < -0.3 is 15.0 Å². The smallest absolute Gasteiger partial charge is 0.393 e. The van der Waals surface area contributed by atoms with Gasteiger partial charge in [-0.05, 0) is 19.2 Å². The fraction of sp³-hybridized carbons (Fsp3) is 0.467. The predicted octanol–water partition coefficient (Wildman–Crippen LogP) is 2.25. The molecule has 24 heavy (non-hydrogen) atoms. The Labute approximate surface area is 136 Å². The Kier molecular flexibility index (Phi) is 4.12. The number of anilines is 1. The second kappa shape index (κ2) is 5.97. The van der Waals surface area contributed by atoms with Crippen LogP contribution in [-0.2, 0) is 4.79 Å². The van der Waals surface area contributed by atoms with Crippen molar-refractivity contribution in [2.45, 2.75) is 6.18 Å². The lowest BCUT2D eigenvalue weighted by Gasteiger charge is -2.20. The van der Waals surface area contributed by atoms with Crippen LogP contribution in [-0.4, -0.2) is 54.4 Å². The van der Waals surface area contributed by atoms with Crippen molar-refractivity contribution in [3.63, 3.8) is 0 Å². The summed E-state index contributed by atoms with van der Waals surface area (Å²) in [5, 5.41) is 9.84. The highest BCUT2D eigenvalue weighted by Gasteiger charge is 2.51. The van der Waals surface area contributed by atoms with Crippen LogP contribution in [0.3, 0.4) is 0 Å². The molecule has 3 rings (SSSR count). The number of fused-ring (bicyclic) bond motifs is 1. The highest BCUT2D eigenvalue weighted by atomic mass is 19.4. The summed E-state index contributed by atoms with van der Waals surface area (Å²) in [4.78, 5) is 13.9. The molecule has 2 atom stereocenters. The summed E-state index contributed by atoms with van der Waals surface area (Å²) < 4.78 is 44.4. The molecular weight excluding hydrogens is 325 g/mol. The average molecular weight is 342 g/mol. The van der Waals surface area contributed by atoms with Crippen LogP contribution in [0.15, 0.2) is 18.2 Å². The normalized spacial score (nSPS) is 22.0. The third-order valence-electron chi connectivity index (χ3n) is 4.27. The van der Waals surface area contributed by atoms with Gasteiger partial charge in [-0.15, -0.1) is 0 Å². The van der Waals surface area contributed by atoms with Crippen LogP contribution in [0.4, 0.5) is 19.0 Å². The Morgan fingerprint density at radius 2 is 2.17 bits per heavy atom. The first kappa shape index (κ1) is 16.6. The van der Waals surface area contributed by atoms with E-state index in [0.717, 1.165) is 0 Å². The summed E-state index contributed by atoms with van der Waals surface area (Å²) >= 11 is 0. The molecule has 1 saturated heterocycles. The number of methoxy groups -OCH3 is 1. The lowest BCUT2D eigenvalue weighted by Crippen LogP contribution is -2.36. The van der Waals surface area contributed by atoms with Gasteiger partial charge in [0.05, 0.1) is 24.5 Å². The maximum Gasteiger partial charge on any atom is 0.393 e. The maximum atomic E-state index is 13.1. The van der Waals surface area contributed by atoms with Crippen molar-refractivity contribution in [1.29, 1.82) is 0 Å². The SMILES string of the molecule is COc1ccc2c(NC(=O)[C@@H]3CN(C)C[C@H]3C(F)(F)F)n[nH]c2c1. The minimum Gasteiger partial charge on any atom is -0.497 e. The number of hydrogen-bond acceptors (Lipinski definition) is 4. The van der Waals surface area contributed by atoms with Gasteiger partial charge in [-0.25, -0.2) is 0 Å². The Hall–Kier alpha value is -2.29. The van der Waals surface area contributed by atoms with E-state index in [0.29, 0.717) is 16.7 Å². The fourth-order valence-electron chi connectivity index (χ4n) is 3.03. The van der Waals surface area contributed by atoms with Gasteiger partial charge in [0.25, 0.3) is 0 Å². The number of carbonyl (C=O) groups excluding carboxylic acids is 1. The highest BCUT2D eigenvalue weighted by Crippen LogP contribution is 2.37. The van der Waals surface area contributed by atoms with Gasteiger partial charge in [-0.1, -0.05) is 0 Å². The lowest BCUT2D eigenvalue weighted by molar-refractivity contribution is -0.182. The number of likely N-dealkylation sites (tertiary alicyclic amines) is 1. The van der Waals surface area contributed by atoms with Crippen LogP contribution in [0.1, 0.15) is 0 Å². The lowest BCUT2D eigenvalue weighted by atomic mass is 9.94. The molecule has 1 fully saturated rings. The molecule has 1 aromatic carbocycles. The first-order valence-electron chi connectivity index (χ1n) is 7.38. The van der Waals surface area contributed by atoms with Crippen molar-refractivity contribution >= 4 is 22.6 Å². The van der Waals surface area contributed by atoms with Crippen molar-refractivity contribution in [3.8, 4) is 5.75 Å². The molecule has 1 aliphatic rings. The number of aromatic nitrogens is 2. The molecule has 0 radical (unpaired) electrons. The average Bonchev–Trinajstić information content (AvgIpc) is 3.10. The quantitative estimate of drug-likeness (QED) is 0.898. The number of benzene rings is 1. The van der Waals surface area contributed by atoms with Gasteiger partial charge in [0, 0.05) is 24.5 Å². The van der Waals surface area contributed by atoms with E-state index in [1.165, 1.54) is 12.0 Å². The first-order chi connectivity index (χ1) is 11.3.